The Hall–Kier alpha value is -3.01. The van der Waals surface area contributed by atoms with E-state index in [1.165, 1.54) is 12.1 Å². The van der Waals surface area contributed by atoms with Crippen LogP contribution in [0.5, 0.6) is 5.88 Å². The fourth-order valence-corrected chi connectivity index (χ4v) is 2.98. The molecule has 10 heteroatoms. The Balaban J connectivity index is 1.81. The summed E-state index contributed by atoms with van der Waals surface area (Å²) < 4.78 is 18.3. The molecule has 2 aromatic rings. The van der Waals surface area contributed by atoms with Gasteiger partial charge in [-0.05, 0) is 31.2 Å². The Kier molecular flexibility index (Phi) is 5.65. The van der Waals surface area contributed by atoms with Gasteiger partial charge in [0, 0.05) is 31.9 Å². The van der Waals surface area contributed by atoms with Crippen LogP contribution in [0.15, 0.2) is 24.3 Å². The van der Waals surface area contributed by atoms with Gasteiger partial charge in [0.2, 0.25) is 5.82 Å². The first kappa shape index (κ1) is 18.8. The third kappa shape index (κ3) is 4.22. The van der Waals surface area contributed by atoms with Gasteiger partial charge in [0.05, 0.1) is 11.5 Å². The number of aliphatic hydroxyl groups is 1. The van der Waals surface area contributed by atoms with Gasteiger partial charge in [-0.25, -0.2) is 9.37 Å². The molecule has 1 aromatic heterocycles. The van der Waals surface area contributed by atoms with Gasteiger partial charge in [-0.15, -0.1) is 0 Å². The van der Waals surface area contributed by atoms with Gasteiger partial charge in [-0.3, -0.25) is 10.1 Å². The Labute approximate surface area is 155 Å². The molecule has 1 aliphatic rings. The topological polar surface area (TPSA) is 105 Å². The standard InChI is InChI=1S/C17H20FN5O4/c1-12-19-16(15(23(25)26)17(20-12)27-11-10-24)22-8-6-21(7-9-22)14-4-2-13(18)3-5-14/h2-5,24H,6-11H2,1H3. The normalized spacial score (nSPS) is 14.3. The second kappa shape index (κ2) is 8.12. The van der Waals surface area contributed by atoms with Crippen molar-refractivity contribution in [2.24, 2.45) is 0 Å². The molecule has 0 spiro atoms. The van der Waals surface area contributed by atoms with E-state index in [-0.39, 0.29) is 36.4 Å². The summed E-state index contributed by atoms with van der Waals surface area (Å²) in [6, 6.07) is 6.24. The molecule has 1 saturated heterocycles. The first-order valence-corrected chi connectivity index (χ1v) is 8.51. The molecule has 0 bridgehead atoms. The van der Waals surface area contributed by atoms with Gasteiger partial charge in [0.25, 0.3) is 5.88 Å². The predicted octanol–water partition coefficient (Wildman–Crippen LogP) is 1.53. The third-order valence-electron chi connectivity index (χ3n) is 4.23. The quantitative estimate of drug-likeness (QED) is 0.597. The van der Waals surface area contributed by atoms with Crippen molar-refractivity contribution in [3.05, 3.63) is 46.0 Å². The largest absolute Gasteiger partial charge is 0.470 e. The molecule has 1 aliphatic heterocycles. The molecule has 0 saturated carbocycles. The van der Waals surface area contributed by atoms with Crippen LogP contribution in [0.2, 0.25) is 0 Å². The van der Waals surface area contributed by atoms with E-state index in [0.717, 1.165) is 5.69 Å². The number of aryl methyl sites for hydroxylation is 1. The highest BCUT2D eigenvalue weighted by Crippen LogP contribution is 2.35. The molecule has 1 fully saturated rings. The van der Waals surface area contributed by atoms with Gasteiger partial charge in [0.15, 0.2) is 0 Å². The van der Waals surface area contributed by atoms with Crippen molar-refractivity contribution in [2.75, 3.05) is 49.2 Å². The third-order valence-corrected chi connectivity index (χ3v) is 4.23. The van der Waals surface area contributed by atoms with Crippen LogP contribution in [0.3, 0.4) is 0 Å². The Morgan fingerprint density at radius 3 is 2.41 bits per heavy atom. The molecule has 0 amide bonds. The molecule has 1 aromatic carbocycles. The van der Waals surface area contributed by atoms with Crippen LogP contribution in [0, 0.1) is 22.9 Å². The number of aliphatic hydroxyl groups excluding tert-OH is 1. The maximum Gasteiger partial charge on any atom is 0.372 e. The first-order chi connectivity index (χ1) is 13.0. The number of hydrogen-bond donors (Lipinski definition) is 1. The molecule has 27 heavy (non-hydrogen) atoms. The minimum Gasteiger partial charge on any atom is -0.470 e. The van der Waals surface area contributed by atoms with Crippen LogP contribution in [-0.2, 0) is 0 Å². The summed E-state index contributed by atoms with van der Waals surface area (Å²) in [6.45, 7) is 3.51. The zero-order valence-corrected chi connectivity index (χ0v) is 14.8. The average Bonchev–Trinajstić information content (AvgIpc) is 2.66. The maximum atomic E-state index is 13.1. The molecule has 1 N–H and O–H groups in total. The molecular weight excluding hydrogens is 357 g/mol. The number of hydrogen-bond acceptors (Lipinski definition) is 8. The molecular formula is C17H20FN5O4. The van der Waals surface area contributed by atoms with Gasteiger partial charge in [0.1, 0.15) is 18.2 Å². The lowest BCUT2D eigenvalue weighted by molar-refractivity contribution is -0.385. The van der Waals surface area contributed by atoms with Crippen LogP contribution >= 0.6 is 0 Å². The van der Waals surface area contributed by atoms with Gasteiger partial charge >= 0.3 is 5.69 Å². The zero-order valence-electron chi connectivity index (χ0n) is 14.8. The number of rotatable bonds is 6. The van der Waals surface area contributed by atoms with Crippen molar-refractivity contribution in [1.29, 1.82) is 0 Å². The van der Waals surface area contributed by atoms with E-state index < -0.39 is 4.92 Å². The molecule has 3 rings (SSSR count). The summed E-state index contributed by atoms with van der Waals surface area (Å²) in [5, 5.41) is 20.5. The van der Waals surface area contributed by atoms with Gasteiger partial charge < -0.3 is 19.6 Å². The summed E-state index contributed by atoms with van der Waals surface area (Å²) >= 11 is 0. The van der Waals surface area contributed by atoms with E-state index in [1.54, 1.807) is 19.1 Å². The number of anilines is 2. The lowest BCUT2D eigenvalue weighted by Gasteiger charge is -2.36. The lowest BCUT2D eigenvalue weighted by atomic mass is 10.2. The molecule has 144 valence electrons. The van der Waals surface area contributed by atoms with Crippen LogP contribution in [0.25, 0.3) is 0 Å². The van der Waals surface area contributed by atoms with Crippen LogP contribution in [0.1, 0.15) is 5.82 Å². The van der Waals surface area contributed by atoms with Crippen molar-refractivity contribution in [1.82, 2.24) is 9.97 Å². The van der Waals surface area contributed by atoms with E-state index >= 15 is 0 Å². The number of benzene rings is 1. The Bertz CT molecular complexity index is 810. The number of nitro groups is 1. The predicted molar refractivity (Wildman–Crippen MR) is 96.8 cm³/mol. The van der Waals surface area contributed by atoms with Crippen LogP contribution in [0.4, 0.5) is 21.6 Å². The highest BCUT2D eigenvalue weighted by molar-refractivity contribution is 5.64. The number of nitrogens with zero attached hydrogens (tertiary/aromatic N) is 5. The monoisotopic (exact) mass is 377 g/mol. The van der Waals surface area contributed by atoms with Crippen molar-refractivity contribution in [2.45, 2.75) is 6.92 Å². The molecule has 0 unspecified atom stereocenters. The Morgan fingerprint density at radius 2 is 1.81 bits per heavy atom. The number of halogens is 1. The van der Waals surface area contributed by atoms with Crippen molar-refractivity contribution >= 4 is 17.2 Å². The van der Waals surface area contributed by atoms with Crippen molar-refractivity contribution in [3.63, 3.8) is 0 Å². The first-order valence-electron chi connectivity index (χ1n) is 8.51. The van der Waals surface area contributed by atoms with E-state index in [1.807, 2.05) is 4.90 Å². The SMILES string of the molecule is Cc1nc(OCCO)c([N+](=O)[O-])c(N2CCN(c3ccc(F)cc3)CC2)n1. The van der Waals surface area contributed by atoms with Crippen LogP contribution < -0.4 is 14.5 Å². The van der Waals surface area contributed by atoms with Crippen molar-refractivity contribution < 1.29 is 19.2 Å². The fourth-order valence-electron chi connectivity index (χ4n) is 2.98. The highest BCUT2D eigenvalue weighted by atomic mass is 19.1. The zero-order chi connectivity index (χ0) is 19.4. The lowest BCUT2D eigenvalue weighted by Crippen LogP contribution is -2.47. The maximum absolute atomic E-state index is 13.1. The Morgan fingerprint density at radius 1 is 1.19 bits per heavy atom. The van der Waals surface area contributed by atoms with Gasteiger partial charge in [-0.1, -0.05) is 0 Å². The summed E-state index contributed by atoms with van der Waals surface area (Å²) in [4.78, 5) is 23.2. The minimum atomic E-state index is -0.562. The number of ether oxygens (including phenoxy) is 1. The van der Waals surface area contributed by atoms with E-state index in [9.17, 15) is 14.5 Å². The van der Waals surface area contributed by atoms with Gasteiger partial charge in [-0.2, -0.15) is 4.98 Å². The van der Waals surface area contributed by atoms with E-state index in [2.05, 4.69) is 14.9 Å². The molecule has 2 heterocycles. The highest BCUT2D eigenvalue weighted by Gasteiger charge is 2.31. The van der Waals surface area contributed by atoms with Crippen LogP contribution in [-0.4, -0.2) is 59.4 Å². The second-order valence-electron chi connectivity index (χ2n) is 6.03. The number of aromatic nitrogens is 2. The van der Waals surface area contributed by atoms with E-state index in [4.69, 9.17) is 9.84 Å². The molecule has 9 nitrogen and oxygen atoms in total. The summed E-state index contributed by atoms with van der Waals surface area (Å²) in [6.07, 6.45) is 0. The summed E-state index contributed by atoms with van der Waals surface area (Å²) in [7, 11) is 0. The number of piperazine rings is 1. The summed E-state index contributed by atoms with van der Waals surface area (Å²) in [5.41, 5.74) is 0.598. The average molecular weight is 377 g/mol. The minimum absolute atomic E-state index is 0.0882. The second-order valence-corrected chi connectivity index (χ2v) is 6.03. The molecule has 0 radical (unpaired) electrons. The fraction of sp³-hybridized carbons (Fsp3) is 0.412. The van der Waals surface area contributed by atoms with Crippen molar-refractivity contribution in [3.8, 4) is 5.88 Å². The van der Waals surface area contributed by atoms with E-state index in [0.29, 0.717) is 32.0 Å². The molecule has 0 atom stereocenters. The smallest absolute Gasteiger partial charge is 0.372 e. The molecule has 0 aliphatic carbocycles. The summed E-state index contributed by atoms with van der Waals surface area (Å²) in [5.74, 6) is 0.126.